The predicted molar refractivity (Wildman–Crippen MR) is 86.3 cm³/mol. The molecule has 0 saturated carbocycles. The molecule has 2 unspecified atom stereocenters. The van der Waals surface area contributed by atoms with Gasteiger partial charge >= 0.3 is 0 Å². The highest BCUT2D eigenvalue weighted by molar-refractivity contribution is 5.29. The van der Waals surface area contributed by atoms with Gasteiger partial charge in [0, 0.05) is 18.6 Å². The van der Waals surface area contributed by atoms with Gasteiger partial charge in [-0.05, 0) is 51.1 Å². The zero-order chi connectivity index (χ0) is 15.1. The van der Waals surface area contributed by atoms with Crippen LogP contribution in [0, 0.1) is 5.92 Å². The molecule has 20 heavy (non-hydrogen) atoms. The quantitative estimate of drug-likeness (QED) is 0.789. The summed E-state index contributed by atoms with van der Waals surface area (Å²) in [4.78, 5) is 2.44. The SMILES string of the molecule is CNC(CN(C)C(C)CC(C)C)c1ccc(OC)cc1. The third-order valence-corrected chi connectivity index (χ3v) is 3.90. The van der Waals surface area contributed by atoms with Crippen molar-refractivity contribution in [3.63, 3.8) is 0 Å². The van der Waals surface area contributed by atoms with Gasteiger partial charge in [-0.1, -0.05) is 26.0 Å². The summed E-state index contributed by atoms with van der Waals surface area (Å²) in [5, 5.41) is 3.41. The first kappa shape index (κ1) is 17.0. The lowest BCUT2D eigenvalue weighted by molar-refractivity contribution is 0.208. The number of nitrogens with one attached hydrogen (secondary N) is 1. The number of ether oxygens (including phenoxy) is 1. The van der Waals surface area contributed by atoms with Crippen LogP contribution in [-0.4, -0.2) is 38.7 Å². The fourth-order valence-electron chi connectivity index (χ4n) is 2.53. The van der Waals surface area contributed by atoms with Crippen LogP contribution in [-0.2, 0) is 0 Å². The highest BCUT2D eigenvalue weighted by Crippen LogP contribution is 2.19. The monoisotopic (exact) mass is 278 g/mol. The molecule has 3 nitrogen and oxygen atoms in total. The van der Waals surface area contributed by atoms with Crippen molar-refractivity contribution in [3.8, 4) is 5.75 Å². The van der Waals surface area contributed by atoms with Crippen molar-refractivity contribution in [1.29, 1.82) is 0 Å². The second-order valence-corrected chi connectivity index (χ2v) is 6.03. The lowest BCUT2D eigenvalue weighted by atomic mass is 10.0. The summed E-state index contributed by atoms with van der Waals surface area (Å²) in [6, 6.07) is 9.28. The Hall–Kier alpha value is -1.06. The molecule has 0 radical (unpaired) electrons. The third-order valence-electron chi connectivity index (χ3n) is 3.90. The van der Waals surface area contributed by atoms with Gasteiger partial charge in [0.05, 0.1) is 7.11 Å². The summed E-state index contributed by atoms with van der Waals surface area (Å²) < 4.78 is 5.21. The van der Waals surface area contributed by atoms with Gasteiger partial charge in [-0.25, -0.2) is 0 Å². The zero-order valence-corrected chi connectivity index (χ0v) is 13.8. The predicted octanol–water partition coefficient (Wildman–Crippen LogP) is 3.32. The van der Waals surface area contributed by atoms with Crippen LogP contribution < -0.4 is 10.1 Å². The molecule has 3 heteroatoms. The summed E-state index contributed by atoms with van der Waals surface area (Å²) >= 11 is 0. The second kappa shape index (κ2) is 8.28. The summed E-state index contributed by atoms with van der Waals surface area (Å²) in [6.07, 6.45) is 1.23. The molecule has 114 valence electrons. The Kier molecular flexibility index (Phi) is 7.03. The van der Waals surface area contributed by atoms with Gasteiger partial charge < -0.3 is 15.0 Å². The molecule has 0 aliphatic heterocycles. The minimum atomic E-state index is 0.348. The molecule has 0 heterocycles. The minimum Gasteiger partial charge on any atom is -0.497 e. The van der Waals surface area contributed by atoms with Crippen molar-refractivity contribution in [2.24, 2.45) is 5.92 Å². The number of benzene rings is 1. The number of hydrogen-bond acceptors (Lipinski definition) is 3. The summed E-state index contributed by atoms with van der Waals surface area (Å²) in [6.45, 7) is 7.88. The Morgan fingerprint density at radius 2 is 1.75 bits per heavy atom. The van der Waals surface area contributed by atoms with E-state index in [0.717, 1.165) is 18.2 Å². The topological polar surface area (TPSA) is 24.5 Å². The first-order chi connectivity index (χ1) is 9.47. The Bertz CT molecular complexity index is 375. The first-order valence-corrected chi connectivity index (χ1v) is 7.49. The van der Waals surface area contributed by atoms with Crippen LogP contribution in [0.25, 0.3) is 0 Å². The number of nitrogens with zero attached hydrogens (tertiary/aromatic N) is 1. The maximum absolute atomic E-state index is 5.21. The highest BCUT2D eigenvalue weighted by atomic mass is 16.5. The second-order valence-electron chi connectivity index (χ2n) is 6.03. The van der Waals surface area contributed by atoms with Gasteiger partial charge in [0.1, 0.15) is 5.75 Å². The van der Waals surface area contributed by atoms with E-state index in [0.29, 0.717) is 12.1 Å². The third kappa shape index (κ3) is 5.14. The Labute approximate surface area is 124 Å². The molecule has 0 aromatic heterocycles. The van der Waals surface area contributed by atoms with Crippen molar-refractivity contribution in [2.75, 3.05) is 27.7 Å². The summed E-state index contributed by atoms with van der Waals surface area (Å²) in [7, 11) is 5.93. The van der Waals surface area contributed by atoms with Crippen LogP contribution in [0.3, 0.4) is 0 Å². The average molecular weight is 278 g/mol. The van der Waals surface area contributed by atoms with Crippen LogP contribution in [0.1, 0.15) is 38.8 Å². The van der Waals surface area contributed by atoms with Gasteiger partial charge in [-0.2, -0.15) is 0 Å². The lowest BCUT2D eigenvalue weighted by Gasteiger charge is -2.30. The maximum atomic E-state index is 5.21. The molecule has 1 aromatic carbocycles. The number of likely N-dealkylation sites (N-methyl/N-ethyl adjacent to an activating group) is 2. The molecule has 1 N–H and O–H groups in total. The fourth-order valence-corrected chi connectivity index (χ4v) is 2.53. The van der Waals surface area contributed by atoms with Gasteiger partial charge in [0.25, 0.3) is 0 Å². The molecular weight excluding hydrogens is 248 g/mol. The van der Waals surface area contributed by atoms with E-state index in [9.17, 15) is 0 Å². The van der Waals surface area contributed by atoms with E-state index in [1.165, 1.54) is 12.0 Å². The van der Waals surface area contributed by atoms with E-state index < -0.39 is 0 Å². The van der Waals surface area contributed by atoms with E-state index >= 15 is 0 Å². The molecule has 0 amide bonds. The van der Waals surface area contributed by atoms with Crippen molar-refractivity contribution in [1.82, 2.24) is 10.2 Å². The van der Waals surface area contributed by atoms with Crippen molar-refractivity contribution in [2.45, 2.75) is 39.3 Å². The molecule has 0 aliphatic rings. The fraction of sp³-hybridized carbons (Fsp3) is 0.647. The molecule has 0 bridgehead atoms. The minimum absolute atomic E-state index is 0.348. The van der Waals surface area contributed by atoms with E-state index in [4.69, 9.17) is 4.74 Å². The van der Waals surface area contributed by atoms with E-state index in [1.807, 2.05) is 19.2 Å². The molecule has 2 atom stereocenters. The molecule has 0 saturated heterocycles. The van der Waals surface area contributed by atoms with Crippen molar-refractivity contribution in [3.05, 3.63) is 29.8 Å². The smallest absolute Gasteiger partial charge is 0.118 e. The molecule has 0 aliphatic carbocycles. The van der Waals surface area contributed by atoms with Gasteiger partial charge in [-0.3, -0.25) is 0 Å². The van der Waals surface area contributed by atoms with E-state index in [1.54, 1.807) is 7.11 Å². The van der Waals surface area contributed by atoms with Crippen LogP contribution in [0.2, 0.25) is 0 Å². The van der Waals surface area contributed by atoms with Gasteiger partial charge in [-0.15, -0.1) is 0 Å². The maximum Gasteiger partial charge on any atom is 0.118 e. The molecule has 1 aromatic rings. The molecule has 0 spiro atoms. The highest BCUT2D eigenvalue weighted by Gasteiger charge is 2.16. The van der Waals surface area contributed by atoms with Gasteiger partial charge in [0.2, 0.25) is 0 Å². The van der Waals surface area contributed by atoms with Gasteiger partial charge in [0.15, 0.2) is 0 Å². The Balaban J connectivity index is 2.65. The Morgan fingerprint density at radius 3 is 2.20 bits per heavy atom. The van der Waals surface area contributed by atoms with Crippen molar-refractivity contribution < 1.29 is 4.74 Å². The largest absolute Gasteiger partial charge is 0.497 e. The standard InChI is InChI=1S/C17H30N2O/c1-13(2)11-14(3)19(5)12-17(18-4)15-7-9-16(20-6)10-8-15/h7-10,13-14,17-18H,11-12H2,1-6H3. The van der Waals surface area contributed by atoms with Crippen LogP contribution in [0.15, 0.2) is 24.3 Å². The molecule has 1 rings (SSSR count). The normalized spacial score (nSPS) is 14.6. The van der Waals surface area contributed by atoms with Crippen molar-refractivity contribution >= 4 is 0 Å². The van der Waals surface area contributed by atoms with E-state index in [-0.39, 0.29) is 0 Å². The van der Waals surface area contributed by atoms with Crippen LogP contribution in [0.5, 0.6) is 5.75 Å². The lowest BCUT2D eigenvalue weighted by Crippen LogP contribution is -2.37. The first-order valence-electron chi connectivity index (χ1n) is 7.49. The molecule has 0 fully saturated rings. The average Bonchev–Trinajstić information content (AvgIpc) is 2.43. The van der Waals surface area contributed by atoms with E-state index in [2.05, 4.69) is 50.2 Å². The summed E-state index contributed by atoms with van der Waals surface area (Å²) in [5.41, 5.74) is 1.30. The number of methoxy groups -OCH3 is 1. The summed E-state index contributed by atoms with van der Waals surface area (Å²) in [5.74, 6) is 1.65. The van der Waals surface area contributed by atoms with Crippen LogP contribution in [0.4, 0.5) is 0 Å². The number of rotatable bonds is 8. The molecular formula is C17H30N2O. The Morgan fingerprint density at radius 1 is 1.15 bits per heavy atom. The zero-order valence-electron chi connectivity index (χ0n) is 13.8. The number of hydrogen-bond donors (Lipinski definition) is 1. The van der Waals surface area contributed by atoms with Crippen LogP contribution >= 0.6 is 0 Å².